The van der Waals surface area contributed by atoms with Crippen molar-refractivity contribution < 1.29 is 14.4 Å². The molecule has 3 aromatic carbocycles. The highest BCUT2D eigenvalue weighted by atomic mass is 35.5. The Bertz CT molecular complexity index is 1000. The molecule has 4 nitrogen and oxygen atoms in total. The van der Waals surface area contributed by atoms with Gasteiger partial charge >= 0.3 is 0 Å². The van der Waals surface area contributed by atoms with Crippen LogP contribution >= 0.6 is 11.6 Å². The minimum absolute atomic E-state index is 0.115. The first-order chi connectivity index (χ1) is 12.7. The van der Waals surface area contributed by atoms with Crippen LogP contribution in [0.3, 0.4) is 0 Å². The average molecular weight is 366 g/mol. The Morgan fingerprint density at radius 3 is 2.65 bits per heavy atom. The van der Waals surface area contributed by atoms with E-state index in [9.17, 15) is 4.79 Å². The molecular formula is C21H16ClNO3. The zero-order valence-corrected chi connectivity index (χ0v) is 14.6. The summed E-state index contributed by atoms with van der Waals surface area (Å²) < 4.78 is 5.96. The highest BCUT2D eigenvalue weighted by Crippen LogP contribution is 2.47. The van der Waals surface area contributed by atoms with E-state index in [-0.39, 0.29) is 17.9 Å². The summed E-state index contributed by atoms with van der Waals surface area (Å²) in [6.07, 6.45) is 0. The normalized spacial score (nSPS) is 21.2. The first kappa shape index (κ1) is 15.7. The predicted octanol–water partition coefficient (Wildman–Crippen LogP) is 4.63. The molecule has 0 spiro atoms. The first-order valence-electron chi connectivity index (χ1n) is 8.59. The number of carbonyl (C=O) groups is 1. The maximum absolute atomic E-state index is 13.1. The summed E-state index contributed by atoms with van der Waals surface area (Å²) >= 11 is 5.95. The zero-order valence-electron chi connectivity index (χ0n) is 13.9. The van der Waals surface area contributed by atoms with E-state index in [0.717, 1.165) is 22.1 Å². The molecule has 0 unspecified atom stereocenters. The second kappa shape index (κ2) is 6.01. The van der Waals surface area contributed by atoms with Gasteiger partial charge in [-0.25, -0.2) is 5.06 Å². The van der Waals surface area contributed by atoms with Crippen LogP contribution < -0.4 is 4.74 Å². The molecular weight excluding hydrogens is 350 g/mol. The monoisotopic (exact) mass is 365 g/mol. The number of hydrogen-bond acceptors (Lipinski definition) is 3. The van der Waals surface area contributed by atoms with E-state index in [1.165, 1.54) is 5.06 Å². The topological polar surface area (TPSA) is 38.8 Å². The minimum Gasteiger partial charge on any atom is -0.493 e. The van der Waals surface area contributed by atoms with Gasteiger partial charge in [0.2, 0.25) is 0 Å². The highest BCUT2D eigenvalue weighted by molar-refractivity contribution is 6.30. The number of ether oxygens (including phenoxy) is 1. The van der Waals surface area contributed by atoms with E-state index in [0.29, 0.717) is 23.8 Å². The molecule has 2 aliphatic rings. The summed E-state index contributed by atoms with van der Waals surface area (Å²) in [6, 6.07) is 18.9. The fraction of sp³-hybridized carbons (Fsp3) is 0.190. The quantitative estimate of drug-likeness (QED) is 0.631. The summed E-state index contributed by atoms with van der Waals surface area (Å²) in [5.41, 5.74) is 1.59. The molecule has 0 radical (unpaired) electrons. The van der Waals surface area contributed by atoms with E-state index in [4.69, 9.17) is 21.2 Å². The van der Waals surface area contributed by atoms with Crippen molar-refractivity contribution >= 4 is 28.3 Å². The lowest BCUT2D eigenvalue weighted by atomic mass is 9.88. The van der Waals surface area contributed by atoms with Crippen LogP contribution in [-0.2, 0) is 4.84 Å². The van der Waals surface area contributed by atoms with Gasteiger partial charge in [-0.05, 0) is 41.1 Å². The molecule has 2 heterocycles. The average Bonchev–Trinajstić information content (AvgIpc) is 3.12. The van der Waals surface area contributed by atoms with Gasteiger partial charge in [0.25, 0.3) is 5.91 Å². The van der Waals surface area contributed by atoms with Gasteiger partial charge < -0.3 is 4.74 Å². The van der Waals surface area contributed by atoms with Crippen LogP contribution in [0.5, 0.6) is 5.75 Å². The highest BCUT2D eigenvalue weighted by Gasteiger charge is 2.45. The van der Waals surface area contributed by atoms with Crippen LogP contribution in [0.2, 0.25) is 5.02 Å². The van der Waals surface area contributed by atoms with Crippen LogP contribution in [0.15, 0.2) is 60.7 Å². The van der Waals surface area contributed by atoms with Crippen molar-refractivity contribution in [2.45, 2.75) is 6.04 Å². The van der Waals surface area contributed by atoms with Crippen molar-refractivity contribution in [3.8, 4) is 5.75 Å². The van der Waals surface area contributed by atoms with Crippen molar-refractivity contribution in [2.75, 3.05) is 13.2 Å². The number of fused-ring (bicyclic) bond motifs is 5. The second-order valence-corrected chi connectivity index (χ2v) is 7.08. The van der Waals surface area contributed by atoms with Crippen molar-refractivity contribution in [2.24, 2.45) is 5.92 Å². The van der Waals surface area contributed by atoms with Gasteiger partial charge in [-0.15, -0.1) is 0 Å². The van der Waals surface area contributed by atoms with Crippen molar-refractivity contribution in [1.29, 1.82) is 0 Å². The number of hydrogen-bond donors (Lipinski definition) is 0. The molecule has 2 atom stereocenters. The lowest BCUT2D eigenvalue weighted by Crippen LogP contribution is -2.35. The summed E-state index contributed by atoms with van der Waals surface area (Å²) in [7, 11) is 0. The number of halogens is 1. The van der Waals surface area contributed by atoms with Gasteiger partial charge in [0, 0.05) is 22.1 Å². The Balaban J connectivity index is 1.62. The molecule has 1 fully saturated rings. The Morgan fingerprint density at radius 2 is 1.81 bits per heavy atom. The third kappa shape index (κ3) is 2.37. The maximum atomic E-state index is 13.1. The van der Waals surface area contributed by atoms with Gasteiger partial charge in [-0.2, -0.15) is 0 Å². The number of nitrogens with zero attached hydrogens (tertiary/aromatic N) is 1. The Kier molecular flexibility index (Phi) is 3.62. The third-order valence-corrected chi connectivity index (χ3v) is 5.35. The molecule has 0 aliphatic carbocycles. The summed E-state index contributed by atoms with van der Waals surface area (Å²) in [6.45, 7) is 1.01. The molecule has 0 aromatic heterocycles. The van der Waals surface area contributed by atoms with Gasteiger partial charge in [-0.3, -0.25) is 9.63 Å². The number of hydroxylamine groups is 2. The number of carbonyl (C=O) groups excluding carboxylic acids is 1. The first-order valence-corrected chi connectivity index (χ1v) is 8.96. The van der Waals surface area contributed by atoms with Crippen LogP contribution in [0.4, 0.5) is 0 Å². The molecule has 26 heavy (non-hydrogen) atoms. The smallest absolute Gasteiger partial charge is 0.278 e. The molecule has 0 saturated carbocycles. The van der Waals surface area contributed by atoms with E-state index in [2.05, 4.69) is 18.2 Å². The second-order valence-electron chi connectivity index (χ2n) is 6.65. The standard InChI is InChI=1S/C21H16ClNO3/c22-16-8-5-14(6-9-16)21(24)23-20-15(12-26-23)11-25-18-10-7-13-3-1-2-4-17(13)19(18)20/h1-10,15,20H,11-12H2/t15-,20+/m0/s1. The Morgan fingerprint density at radius 1 is 1.00 bits per heavy atom. The molecule has 1 amide bonds. The fourth-order valence-electron chi connectivity index (χ4n) is 3.84. The van der Waals surface area contributed by atoms with Gasteiger partial charge in [0.15, 0.2) is 0 Å². The molecule has 5 rings (SSSR count). The van der Waals surface area contributed by atoms with Crippen molar-refractivity contribution in [3.63, 3.8) is 0 Å². The van der Waals surface area contributed by atoms with Crippen LogP contribution in [0.1, 0.15) is 22.0 Å². The number of amides is 1. The third-order valence-electron chi connectivity index (χ3n) is 5.10. The number of rotatable bonds is 1. The molecule has 5 heteroatoms. The largest absolute Gasteiger partial charge is 0.493 e. The van der Waals surface area contributed by atoms with Crippen LogP contribution in [-0.4, -0.2) is 24.2 Å². The van der Waals surface area contributed by atoms with Gasteiger partial charge in [0.1, 0.15) is 5.75 Å². The van der Waals surface area contributed by atoms with Crippen LogP contribution in [0.25, 0.3) is 10.8 Å². The van der Waals surface area contributed by atoms with Gasteiger partial charge in [-0.1, -0.05) is 41.9 Å². The molecule has 3 aromatic rings. The SMILES string of the molecule is O=C(c1ccc(Cl)cc1)N1OC[C@@H]2COc3ccc4ccccc4c3[C@@H]21. The zero-order chi connectivity index (χ0) is 17.7. The Hall–Kier alpha value is -2.56. The van der Waals surface area contributed by atoms with E-state index < -0.39 is 0 Å². The Labute approximate surface area is 155 Å². The van der Waals surface area contributed by atoms with E-state index in [1.807, 2.05) is 18.2 Å². The predicted molar refractivity (Wildman–Crippen MR) is 99.2 cm³/mol. The van der Waals surface area contributed by atoms with Crippen molar-refractivity contribution in [3.05, 3.63) is 76.8 Å². The number of benzene rings is 3. The van der Waals surface area contributed by atoms with Crippen molar-refractivity contribution in [1.82, 2.24) is 5.06 Å². The van der Waals surface area contributed by atoms with E-state index in [1.54, 1.807) is 24.3 Å². The molecule has 2 aliphatic heterocycles. The fourth-order valence-corrected chi connectivity index (χ4v) is 3.97. The van der Waals surface area contributed by atoms with E-state index >= 15 is 0 Å². The minimum atomic E-state index is -0.159. The van der Waals surface area contributed by atoms with Gasteiger partial charge in [0.05, 0.1) is 19.3 Å². The summed E-state index contributed by atoms with van der Waals surface area (Å²) in [4.78, 5) is 18.9. The summed E-state index contributed by atoms with van der Waals surface area (Å²) in [5, 5.41) is 4.34. The van der Waals surface area contributed by atoms with Crippen LogP contribution in [0, 0.1) is 5.92 Å². The molecule has 0 bridgehead atoms. The molecule has 130 valence electrons. The lowest BCUT2D eigenvalue weighted by Gasteiger charge is -2.32. The lowest BCUT2D eigenvalue weighted by molar-refractivity contribution is -0.0965. The molecule has 0 N–H and O–H groups in total. The summed E-state index contributed by atoms with van der Waals surface area (Å²) in [5.74, 6) is 0.781. The molecule has 1 saturated heterocycles. The maximum Gasteiger partial charge on any atom is 0.278 e.